The van der Waals surface area contributed by atoms with Gasteiger partial charge in [-0.25, -0.2) is 4.39 Å². The molecular formula is C21H27FN4O. The SMILES string of the molecule is CN(C(=O)/C(C#N)=C\N1CCN(c2ccccc2F)CC1)C1CCCCC1. The number of carbonyl (C=O) groups is 1. The highest BCUT2D eigenvalue weighted by molar-refractivity contribution is 5.97. The minimum absolute atomic E-state index is 0.183. The number of halogens is 1. The smallest absolute Gasteiger partial charge is 0.265 e. The summed E-state index contributed by atoms with van der Waals surface area (Å²) < 4.78 is 13.9. The quantitative estimate of drug-likeness (QED) is 0.604. The van der Waals surface area contributed by atoms with E-state index in [0.29, 0.717) is 31.9 Å². The lowest BCUT2D eigenvalue weighted by Crippen LogP contribution is -2.45. The normalized spacial score (nSPS) is 18.9. The number of piperazine rings is 1. The van der Waals surface area contributed by atoms with E-state index in [-0.39, 0.29) is 23.3 Å². The second-order valence-corrected chi connectivity index (χ2v) is 7.34. The molecule has 0 aromatic heterocycles. The Balaban J connectivity index is 1.61. The average molecular weight is 370 g/mol. The molecule has 0 spiro atoms. The Hall–Kier alpha value is -2.55. The molecule has 1 aliphatic carbocycles. The van der Waals surface area contributed by atoms with Crippen LogP contribution in [-0.2, 0) is 4.79 Å². The van der Waals surface area contributed by atoms with Crippen molar-refractivity contribution in [2.24, 2.45) is 0 Å². The first kappa shape index (κ1) is 19.2. The maximum atomic E-state index is 13.9. The zero-order valence-electron chi connectivity index (χ0n) is 15.9. The Morgan fingerprint density at radius 1 is 1.19 bits per heavy atom. The first-order chi connectivity index (χ1) is 13.1. The number of hydrogen-bond acceptors (Lipinski definition) is 4. The lowest BCUT2D eigenvalue weighted by molar-refractivity contribution is -0.128. The highest BCUT2D eigenvalue weighted by Crippen LogP contribution is 2.23. The van der Waals surface area contributed by atoms with Gasteiger partial charge < -0.3 is 14.7 Å². The van der Waals surface area contributed by atoms with Crippen LogP contribution in [-0.4, -0.2) is 55.0 Å². The minimum Gasteiger partial charge on any atom is -0.373 e. The third kappa shape index (κ3) is 4.60. The van der Waals surface area contributed by atoms with Crippen LogP contribution < -0.4 is 4.90 Å². The zero-order valence-corrected chi connectivity index (χ0v) is 15.9. The van der Waals surface area contributed by atoms with E-state index in [1.165, 1.54) is 12.5 Å². The van der Waals surface area contributed by atoms with E-state index in [0.717, 1.165) is 25.7 Å². The minimum atomic E-state index is -0.219. The maximum Gasteiger partial charge on any atom is 0.265 e. The summed E-state index contributed by atoms with van der Waals surface area (Å²) in [5.41, 5.74) is 0.789. The van der Waals surface area contributed by atoms with Crippen molar-refractivity contribution in [1.82, 2.24) is 9.80 Å². The molecule has 0 atom stereocenters. The topological polar surface area (TPSA) is 50.6 Å². The van der Waals surface area contributed by atoms with Crippen LogP contribution in [0.2, 0.25) is 0 Å². The van der Waals surface area contributed by atoms with Gasteiger partial charge in [-0.05, 0) is 25.0 Å². The summed E-state index contributed by atoms with van der Waals surface area (Å²) in [6.07, 6.45) is 7.23. The average Bonchev–Trinajstić information content (AvgIpc) is 2.72. The lowest BCUT2D eigenvalue weighted by atomic mass is 9.94. The third-order valence-corrected chi connectivity index (χ3v) is 5.61. The maximum absolute atomic E-state index is 13.9. The van der Waals surface area contributed by atoms with Crippen molar-refractivity contribution in [2.45, 2.75) is 38.1 Å². The Kier molecular flexibility index (Phi) is 6.33. The predicted octanol–water partition coefficient (Wildman–Crippen LogP) is 3.15. The van der Waals surface area contributed by atoms with Crippen molar-refractivity contribution in [3.63, 3.8) is 0 Å². The summed E-state index contributed by atoms with van der Waals surface area (Å²) in [6.45, 7) is 2.62. The van der Waals surface area contributed by atoms with Gasteiger partial charge in [0.1, 0.15) is 17.5 Å². The van der Waals surface area contributed by atoms with Crippen molar-refractivity contribution in [3.05, 3.63) is 41.9 Å². The predicted molar refractivity (Wildman–Crippen MR) is 104 cm³/mol. The number of amides is 1. The monoisotopic (exact) mass is 370 g/mol. The molecular weight excluding hydrogens is 343 g/mol. The van der Waals surface area contributed by atoms with Crippen molar-refractivity contribution < 1.29 is 9.18 Å². The molecule has 1 amide bonds. The Labute approximate surface area is 160 Å². The number of nitriles is 1. The summed E-state index contributed by atoms with van der Waals surface area (Å²) in [7, 11) is 1.81. The van der Waals surface area contributed by atoms with E-state index >= 15 is 0 Å². The summed E-state index contributed by atoms with van der Waals surface area (Å²) in [5, 5.41) is 9.49. The summed E-state index contributed by atoms with van der Waals surface area (Å²) in [4.78, 5) is 18.5. The molecule has 2 fully saturated rings. The fourth-order valence-electron chi connectivity index (χ4n) is 3.94. The highest BCUT2D eigenvalue weighted by atomic mass is 19.1. The molecule has 0 N–H and O–H groups in total. The van der Waals surface area contributed by atoms with E-state index in [4.69, 9.17) is 0 Å². The van der Waals surface area contributed by atoms with Crippen LogP contribution in [0.5, 0.6) is 0 Å². The molecule has 1 saturated carbocycles. The zero-order chi connectivity index (χ0) is 19.2. The van der Waals surface area contributed by atoms with Gasteiger partial charge >= 0.3 is 0 Å². The molecule has 0 unspecified atom stereocenters. The lowest BCUT2D eigenvalue weighted by Gasteiger charge is -2.36. The van der Waals surface area contributed by atoms with Crippen LogP contribution >= 0.6 is 0 Å². The Morgan fingerprint density at radius 3 is 2.48 bits per heavy atom. The summed E-state index contributed by atoms with van der Waals surface area (Å²) in [6, 6.07) is 9.08. The molecule has 144 valence electrons. The van der Waals surface area contributed by atoms with Crippen molar-refractivity contribution >= 4 is 11.6 Å². The first-order valence-corrected chi connectivity index (χ1v) is 9.72. The molecule has 1 aromatic carbocycles. The summed E-state index contributed by atoms with van der Waals surface area (Å²) >= 11 is 0. The standard InChI is InChI=1S/C21H27FN4O/c1-24(18-7-3-2-4-8-18)21(27)17(15-23)16-25-11-13-26(14-12-25)20-10-6-5-9-19(20)22/h5-6,9-10,16,18H,2-4,7-8,11-14H2,1H3/b17-16-. The molecule has 2 aliphatic rings. The largest absolute Gasteiger partial charge is 0.373 e. The molecule has 5 nitrogen and oxygen atoms in total. The van der Waals surface area contributed by atoms with Gasteiger partial charge in [-0.3, -0.25) is 4.79 Å². The van der Waals surface area contributed by atoms with E-state index in [1.807, 2.05) is 15.9 Å². The first-order valence-electron chi connectivity index (χ1n) is 9.72. The van der Waals surface area contributed by atoms with E-state index in [1.54, 1.807) is 30.3 Å². The second-order valence-electron chi connectivity index (χ2n) is 7.34. The fraction of sp³-hybridized carbons (Fsp3) is 0.524. The molecule has 0 bridgehead atoms. The number of nitrogens with zero attached hydrogens (tertiary/aromatic N) is 4. The van der Waals surface area contributed by atoms with Crippen LogP contribution in [0.25, 0.3) is 0 Å². The van der Waals surface area contributed by atoms with Crippen molar-refractivity contribution in [1.29, 1.82) is 5.26 Å². The molecule has 1 heterocycles. The van der Waals surface area contributed by atoms with Gasteiger partial charge in [-0.15, -0.1) is 0 Å². The number of para-hydroxylation sites is 1. The van der Waals surface area contributed by atoms with Gasteiger partial charge in [-0.1, -0.05) is 31.4 Å². The molecule has 1 aliphatic heterocycles. The van der Waals surface area contributed by atoms with Crippen molar-refractivity contribution in [2.75, 3.05) is 38.1 Å². The fourth-order valence-corrected chi connectivity index (χ4v) is 3.94. The number of benzene rings is 1. The Morgan fingerprint density at radius 2 is 1.85 bits per heavy atom. The van der Waals surface area contributed by atoms with Gasteiger partial charge in [0, 0.05) is 45.5 Å². The molecule has 1 saturated heterocycles. The molecule has 3 rings (SSSR count). The number of rotatable bonds is 4. The number of hydrogen-bond donors (Lipinski definition) is 0. The molecule has 1 aromatic rings. The van der Waals surface area contributed by atoms with Crippen LogP contribution in [0, 0.1) is 17.1 Å². The Bertz CT molecular complexity index is 728. The molecule has 6 heteroatoms. The second kappa shape index (κ2) is 8.90. The number of carbonyl (C=O) groups excluding carboxylic acids is 1. The van der Waals surface area contributed by atoms with E-state index < -0.39 is 0 Å². The van der Waals surface area contributed by atoms with Gasteiger partial charge in [0.05, 0.1) is 5.69 Å². The van der Waals surface area contributed by atoms with E-state index in [9.17, 15) is 14.4 Å². The van der Waals surface area contributed by atoms with Gasteiger partial charge in [-0.2, -0.15) is 5.26 Å². The number of anilines is 1. The molecule has 27 heavy (non-hydrogen) atoms. The van der Waals surface area contributed by atoms with Gasteiger partial charge in [0.2, 0.25) is 0 Å². The van der Waals surface area contributed by atoms with Crippen LogP contribution in [0.1, 0.15) is 32.1 Å². The summed E-state index contributed by atoms with van der Waals surface area (Å²) in [5.74, 6) is -0.413. The third-order valence-electron chi connectivity index (χ3n) is 5.61. The highest BCUT2D eigenvalue weighted by Gasteiger charge is 2.25. The van der Waals surface area contributed by atoms with E-state index in [2.05, 4.69) is 6.07 Å². The number of likely N-dealkylation sites (N-methyl/N-ethyl adjacent to an activating group) is 1. The van der Waals surface area contributed by atoms with Crippen LogP contribution in [0.15, 0.2) is 36.0 Å². The van der Waals surface area contributed by atoms with Gasteiger partial charge in [0.25, 0.3) is 5.91 Å². The van der Waals surface area contributed by atoms with Gasteiger partial charge in [0.15, 0.2) is 0 Å². The van der Waals surface area contributed by atoms with Crippen LogP contribution in [0.4, 0.5) is 10.1 Å². The molecule has 0 radical (unpaired) electrons. The van der Waals surface area contributed by atoms with Crippen molar-refractivity contribution in [3.8, 4) is 6.07 Å². The van der Waals surface area contributed by atoms with Crippen LogP contribution in [0.3, 0.4) is 0 Å².